The zero-order chi connectivity index (χ0) is 42.9. The molecule has 0 unspecified atom stereocenters. The smallest absolute Gasteiger partial charge is 0.293 e. The molecule has 0 saturated heterocycles. The van der Waals surface area contributed by atoms with Gasteiger partial charge in [0.1, 0.15) is 35.2 Å². The summed E-state index contributed by atoms with van der Waals surface area (Å²) >= 11 is 6.62. The molecule has 59 heavy (non-hydrogen) atoms. The summed E-state index contributed by atoms with van der Waals surface area (Å²) in [6.45, 7) is 2.17. The number of anilines is 1. The van der Waals surface area contributed by atoms with Crippen LogP contribution < -0.4 is 10.0 Å². The summed E-state index contributed by atoms with van der Waals surface area (Å²) < 4.78 is 90.4. The fourth-order valence-corrected chi connectivity index (χ4v) is 8.51. The second-order valence-corrected chi connectivity index (χ2v) is 17.7. The third-order valence-corrected chi connectivity index (χ3v) is 11.2. The molecular weight excluding hydrogens is 816 g/mol. The summed E-state index contributed by atoms with van der Waals surface area (Å²) in [7, 11) is 0.685. The molecule has 2 aliphatic rings. The molecule has 1 saturated carbocycles. The van der Waals surface area contributed by atoms with Gasteiger partial charge in [-0.25, -0.2) is 22.2 Å². The van der Waals surface area contributed by atoms with E-state index in [0.717, 1.165) is 23.1 Å². The Hall–Kier alpha value is -5.51. The van der Waals surface area contributed by atoms with E-state index in [1.807, 2.05) is 0 Å². The number of carbonyl (C=O) groups is 2. The second-order valence-electron chi connectivity index (χ2n) is 15.6. The van der Waals surface area contributed by atoms with Crippen LogP contribution in [0.1, 0.15) is 77.3 Å². The number of fused-ring (bicyclic) bond motifs is 4. The van der Waals surface area contributed by atoms with Crippen LogP contribution in [-0.4, -0.2) is 80.7 Å². The number of amides is 2. The van der Waals surface area contributed by atoms with Crippen LogP contribution in [0.2, 0.25) is 5.02 Å². The molecule has 2 aromatic carbocycles. The molecule has 2 aliphatic carbocycles. The summed E-state index contributed by atoms with van der Waals surface area (Å²) in [5.41, 5.74) is -0.627. The lowest BCUT2D eigenvalue weighted by Crippen LogP contribution is -2.36. The lowest BCUT2D eigenvalue weighted by molar-refractivity contribution is -0.123. The highest BCUT2D eigenvalue weighted by Crippen LogP contribution is 2.63. The molecule has 3 N–H and O–H groups in total. The number of aromatic nitrogens is 5. The van der Waals surface area contributed by atoms with E-state index in [9.17, 15) is 31.9 Å². The quantitative estimate of drug-likeness (QED) is 0.120. The van der Waals surface area contributed by atoms with Gasteiger partial charge in [0.05, 0.1) is 33.9 Å². The van der Waals surface area contributed by atoms with E-state index in [4.69, 9.17) is 16.6 Å². The standard InChI is InChI=1S/C40H39ClF4N8O5S/c1-39(2,56)14-13-23-7-8-24(25-10-12-28(41)32-35(25)52(5)49-37(32)50-59(6,57)58)33(46-23)29(17-20-15-21(42)18-22(43)16-20)47-30(54)19-53-36-31(34(48-53)38(55)51(3)4)26-9-11-27(26)40(36,44)45/h7-8,10,12,15-16,18,26-27,29,56H,9,11,17,19H2,1-6H3,(H,47,54)(H,49,50)/t26-,27+,29-/m0/s1. The highest BCUT2D eigenvalue weighted by Gasteiger charge is 2.62. The molecule has 3 heterocycles. The van der Waals surface area contributed by atoms with Crippen LogP contribution in [0, 0.1) is 29.4 Å². The van der Waals surface area contributed by atoms with Crippen molar-refractivity contribution in [3.8, 4) is 23.0 Å². The summed E-state index contributed by atoms with van der Waals surface area (Å²) in [4.78, 5) is 33.4. The summed E-state index contributed by atoms with van der Waals surface area (Å²) in [5, 5.41) is 22.2. The van der Waals surface area contributed by atoms with E-state index in [2.05, 4.69) is 32.1 Å². The first-order valence-corrected chi connectivity index (χ1v) is 20.6. The average Bonchev–Trinajstić information content (AvgIpc) is 3.66. The first-order valence-electron chi connectivity index (χ1n) is 18.4. The van der Waals surface area contributed by atoms with E-state index in [-0.39, 0.29) is 57.3 Å². The highest BCUT2D eigenvalue weighted by atomic mass is 35.5. The minimum absolute atomic E-state index is 0.0665. The summed E-state index contributed by atoms with van der Waals surface area (Å²) in [5.74, 6) is -2.82. The van der Waals surface area contributed by atoms with Gasteiger partial charge in [-0.1, -0.05) is 23.6 Å². The number of aryl methyl sites for hydroxylation is 1. The number of rotatable bonds is 10. The van der Waals surface area contributed by atoms with Gasteiger partial charge in [0.15, 0.2) is 11.5 Å². The number of pyridine rings is 1. The molecule has 0 aliphatic heterocycles. The van der Waals surface area contributed by atoms with Crippen molar-refractivity contribution in [2.24, 2.45) is 13.0 Å². The number of aliphatic hydroxyl groups is 1. The van der Waals surface area contributed by atoms with Crippen molar-refractivity contribution >= 4 is 50.2 Å². The largest absolute Gasteiger partial charge is 0.378 e. The lowest BCUT2D eigenvalue weighted by atomic mass is 9.73. The van der Waals surface area contributed by atoms with Gasteiger partial charge in [-0.15, -0.1) is 0 Å². The number of sulfonamides is 1. The van der Waals surface area contributed by atoms with E-state index in [1.165, 1.54) is 49.7 Å². The number of halogens is 5. The van der Waals surface area contributed by atoms with Gasteiger partial charge in [-0.3, -0.25) is 23.7 Å². The number of benzene rings is 2. The second kappa shape index (κ2) is 14.9. The van der Waals surface area contributed by atoms with E-state index in [0.29, 0.717) is 29.1 Å². The molecule has 3 aromatic heterocycles. The fourth-order valence-electron chi connectivity index (χ4n) is 7.77. The number of nitrogens with zero attached hydrogens (tertiary/aromatic N) is 6. The van der Waals surface area contributed by atoms with Gasteiger partial charge >= 0.3 is 0 Å². The fraction of sp³-hybridized carbons (Fsp3) is 0.375. The molecule has 1 fully saturated rings. The third kappa shape index (κ3) is 8.10. The minimum atomic E-state index is -3.81. The normalized spacial score (nSPS) is 17.4. The molecular formula is C40H39ClF4N8O5S. The van der Waals surface area contributed by atoms with E-state index < -0.39 is 75.1 Å². The van der Waals surface area contributed by atoms with Crippen molar-refractivity contribution in [2.75, 3.05) is 25.1 Å². The maximum Gasteiger partial charge on any atom is 0.293 e. The first kappa shape index (κ1) is 41.6. The maximum absolute atomic E-state index is 16.0. The van der Waals surface area contributed by atoms with Crippen LogP contribution in [-0.2, 0) is 40.8 Å². The topological polar surface area (TPSA) is 164 Å². The van der Waals surface area contributed by atoms with Crippen molar-refractivity contribution in [1.29, 1.82) is 0 Å². The molecule has 310 valence electrons. The number of carbonyl (C=O) groups excluding carboxylic acids is 2. The molecule has 13 nitrogen and oxygen atoms in total. The van der Waals surface area contributed by atoms with Gasteiger partial charge in [0, 0.05) is 49.8 Å². The average molecular weight is 855 g/mol. The summed E-state index contributed by atoms with van der Waals surface area (Å²) in [6, 6.07) is 7.84. The minimum Gasteiger partial charge on any atom is -0.378 e. The van der Waals surface area contributed by atoms with Gasteiger partial charge in [-0.2, -0.15) is 19.0 Å². The molecule has 7 rings (SSSR count). The molecule has 2 amide bonds. The Morgan fingerprint density at radius 2 is 1.76 bits per heavy atom. The van der Waals surface area contributed by atoms with Crippen LogP contribution >= 0.6 is 11.6 Å². The van der Waals surface area contributed by atoms with Gasteiger partial charge < -0.3 is 15.3 Å². The van der Waals surface area contributed by atoms with Crippen LogP contribution in [0.4, 0.5) is 23.4 Å². The molecule has 0 bridgehead atoms. The Kier molecular flexibility index (Phi) is 10.5. The zero-order valence-electron chi connectivity index (χ0n) is 32.7. The highest BCUT2D eigenvalue weighted by molar-refractivity contribution is 7.92. The molecule has 0 radical (unpaired) electrons. The van der Waals surface area contributed by atoms with E-state index >= 15 is 8.78 Å². The predicted molar refractivity (Wildman–Crippen MR) is 211 cm³/mol. The van der Waals surface area contributed by atoms with Crippen molar-refractivity contribution in [1.82, 2.24) is 34.8 Å². The number of hydrogen-bond acceptors (Lipinski definition) is 8. The van der Waals surface area contributed by atoms with Crippen LogP contribution in [0.15, 0.2) is 42.5 Å². The molecule has 5 aromatic rings. The third-order valence-electron chi connectivity index (χ3n) is 10.3. The van der Waals surface area contributed by atoms with Gasteiger partial charge in [-0.05, 0) is 80.8 Å². The Bertz CT molecular complexity index is 2720. The SMILES string of the molecule is CN(C)C(=O)c1nn(CC(=O)N[C@@H](Cc2cc(F)cc(F)c2)c2nc(C#CC(C)(C)O)ccc2-c2ccc(Cl)c3c(NS(C)(=O)=O)nn(C)c23)c2c1[C@H]1CC[C@H]1C2(F)F. The van der Waals surface area contributed by atoms with Crippen LogP contribution in [0.3, 0.4) is 0 Å². The Labute approximate surface area is 341 Å². The first-order chi connectivity index (χ1) is 27.5. The van der Waals surface area contributed by atoms with Crippen molar-refractivity contribution in [3.63, 3.8) is 0 Å². The lowest BCUT2D eigenvalue weighted by Gasteiger charge is -2.34. The maximum atomic E-state index is 16.0. The van der Waals surface area contributed by atoms with Gasteiger partial charge in [0.25, 0.3) is 11.8 Å². The monoisotopic (exact) mass is 854 g/mol. The Balaban J connectivity index is 1.39. The van der Waals surface area contributed by atoms with Crippen molar-refractivity contribution in [3.05, 3.63) is 93.0 Å². The Morgan fingerprint density at radius 1 is 1.08 bits per heavy atom. The molecule has 0 spiro atoms. The van der Waals surface area contributed by atoms with Crippen LogP contribution in [0.25, 0.3) is 22.0 Å². The predicted octanol–water partition coefficient (Wildman–Crippen LogP) is 5.66. The summed E-state index contributed by atoms with van der Waals surface area (Å²) in [6.07, 6.45) is 1.34. The van der Waals surface area contributed by atoms with Crippen LogP contribution in [0.5, 0.6) is 0 Å². The number of alkyl halides is 2. The van der Waals surface area contributed by atoms with Crippen molar-refractivity contribution < 1.29 is 40.7 Å². The van der Waals surface area contributed by atoms with E-state index in [1.54, 1.807) is 19.2 Å². The zero-order valence-corrected chi connectivity index (χ0v) is 34.2. The molecule has 3 atom stereocenters. The Morgan fingerprint density at radius 3 is 2.37 bits per heavy atom. The molecule has 19 heteroatoms. The number of hydrogen-bond donors (Lipinski definition) is 3. The van der Waals surface area contributed by atoms with Gasteiger partial charge in [0.2, 0.25) is 15.9 Å². The van der Waals surface area contributed by atoms with Crippen molar-refractivity contribution in [2.45, 2.75) is 63.1 Å². The number of nitrogens with one attached hydrogen (secondary N) is 2.